The molecule has 0 radical (unpaired) electrons. The summed E-state index contributed by atoms with van der Waals surface area (Å²) in [5.74, 6) is 1.73. The van der Waals surface area contributed by atoms with Crippen LogP contribution < -0.4 is 9.47 Å². The monoisotopic (exact) mass is 326 g/mol. The van der Waals surface area contributed by atoms with E-state index in [2.05, 4.69) is 33.4 Å². The molecule has 1 aromatic carbocycles. The molecule has 1 unspecified atom stereocenters. The van der Waals surface area contributed by atoms with Crippen LogP contribution in [0.1, 0.15) is 15.3 Å². The van der Waals surface area contributed by atoms with Crippen molar-refractivity contribution < 1.29 is 9.47 Å². The van der Waals surface area contributed by atoms with Gasteiger partial charge in [0.2, 0.25) is 0 Å². The van der Waals surface area contributed by atoms with Gasteiger partial charge in [-0.3, -0.25) is 0 Å². The van der Waals surface area contributed by atoms with E-state index in [0.717, 1.165) is 23.5 Å². The highest BCUT2D eigenvalue weighted by molar-refractivity contribution is 9.09. The van der Waals surface area contributed by atoms with Crippen molar-refractivity contribution in [3.05, 3.63) is 46.2 Å². The highest BCUT2D eigenvalue weighted by Crippen LogP contribution is 2.36. The van der Waals surface area contributed by atoms with E-state index in [-0.39, 0.29) is 4.83 Å². The standard InChI is InChI=1S/C14H15BrO2S/c1-16-10-5-6-14(17-2)12(8-10)13(15)9-11-4-3-7-18-11/h3-8,13H,9H2,1-2H3. The van der Waals surface area contributed by atoms with Crippen LogP contribution in [0.25, 0.3) is 0 Å². The summed E-state index contributed by atoms with van der Waals surface area (Å²) < 4.78 is 10.7. The third kappa shape index (κ3) is 3.06. The second-order valence-electron chi connectivity index (χ2n) is 3.86. The summed E-state index contributed by atoms with van der Waals surface area (Å²) >= 11 is 5.50. The molecule has 0 bridgehead atoms. The molecule has 18 heavy (non-hydrogen) atoms. The molecule has 0 spiro atoms. The first-order valence-corrected chi connectivity index (χ1v) is 7.42. The fraction of sp³-hybridized carbons (Fsp3) is 0.286. The maximum absolute atomic E-state index is 5.40. The summed E-state index contributed by atoms with van der Waals surface area (Å²) in [6.45, 7) is 0. The van der Waals surface area contributed by atoms with E-state index >= 15 is 0 Å². The minimum absolute atomic E-state index is 0.223. The molecule has 0 aliphatic rings. The summed E-state index contributed by atoms with van der Waals surface area (Å²) in [6, 6.07) is 10.1. The normalized spacial score (nSPS) is 12.2. The molecule has 0 fully saturated rings. The van der Waals surface area contributed by atoms with Crippen molar-refractivity contribution in [2.75, 3.05) is 14.2 Å². The number of benzene rings is 1. The quantitative estimate of drug-likeness (QED) is 0.756. The summed E-state index contributed by atoms with van der Waals surface area (Å²) in [5.41, 5.74) is 1.12. The Morgan fingerprint density at radius 2 is 2.06 bits per heavy atom. The van der Waals surface area contributed by atoms with Crippen molar-refractivity contribution in [1.29, 1.82) is 0 Å². The molecule has 0 saturated carbocycles. The van der Waals surface area contributed by atoms with Crippen LogP contribution in [0, 0.1) is 0 Å². The largest absolute Gasteiger partial charge is 0.497 e. The van der Waals surface area contributed by atoms with E-state index in [0.29, 0.717) is 0 Å². The van der Waals surface area contributed by atoms with Crippen molar-refractivity contribution in [3.8, 4) is 11.5 Å². The van der Waals surface area contributed by atoms with E-state index in [4.69, 9.17) is 9.47 Å². The zero-order chi connectivity index (χ0) is 13.0. The van der Waals surface area contributed by atoms with E-state index in [1.54, 1.807) is 25.6 Å². The Morgan fingerprint density at radius 1 is 1.22 bits per heavy atom. The van der Waals surface area contributed by atoms with Gasteiger partial charge in [0, 0.05) is 15.3 Å². The van der Waals surface area contributed by atoms with Gasteiger partial charge in [-0.05, 0) is 36.1 Å². The third-order valence-electron chi connectivity index (χ3n) is 2.73. The van der Waals surface area contributed by atoms with Crippen LogP contribution >= 0.6 is 27.3 Å². The van der Waals surface area contributed by atoms with Gasteiger partial charge in [0.25, 0.3) is 0 Å². The number of hydrogen-bond acceptors (Lipinski definition) is 3. The first-order valence-electron chi connectivity index (χ1n) is 5.63. The molecule has 0 saturated heterocycles. The number of ether oxygens (including phenoxy) is 2. The molecule has 0 N–H and O–H groups in total. The Kier molecular flexibility index (Phi) is 4.66. The predicted molar refractivity (Wildman–Crippen MR) is 79.2 cm³/mol. The molecule has 0 aliphatic carbocycles. The first-order chi connectivity index (χ1) is 8.74. The van der Waals surface area contributed by atoms with Crippen LogP contribution in [0.15, 0.2) is 35.7 Å². The van der Waals surface area contributed by atoms with Crippen LogP contribution in [-0.2, 0) is 6.42 Å². The molecule has 0 aliphatic heterocycles. The van der Waals surface area contributed by atoms with Gasteiger partial charge < -0.3 is 9.47 Å². The van der Waals surface area contributed by atoms with Gasteiger partial charge in [-0.25, -0.2) is 0 Å². The van der Waals surface area contributed by atoms with E-state index in [1.807, 2.05) is 18.2 Å². The van der Waals surface area contributed by atoms with Gasteiger partial charge in [0.15, 0.2) is 0 Å². The number of methoxy groups -OCH3 is 2. The average molecular weight is 327 g/mol. The van der Waals surface area contributed by atoms with Gasteiger partial charge in [-0.1, -0.05) is 22.0 Å². The van der Waals surface area contributed by atoms with Crippen LogP contribution in [0.2, 0.25) is 0 Å². The second-order valence-corrected chi connectivity index (χ2v) is 6.00. The van der Waals surface area contributed by atoms with Gasteiger partial charge in [0.05, 0.1) is 14.2 Å². The number of rotatable bonds is 5. The fourth-order valence-corrected chi connectivity index (χ4v) is 3.47. The maximum atomic E-state index is 5.40. The Labute approximate surface area is 120 Å². The first kappa shape index (κ1) is 13.4. The summed E-state index contributed by atoms with van der Waals surface area (Å²) in [4.78, 5) is 1.57. The second kappa shape index (κ2) is 6.25. The van der Waals surface area contributed by atoms with E-state index in [9.17, 15) is 0 Å². The fourth-order valence-electron chi connectivity index (χ4n) is 1.80. The van der Waals surface area contributed by atoms with Crippen LogP contribution in [-0.4, -0.2) is 14.2 Å². The Bertz CT molecular complexity index is 497. The number of thiophene rings is 1. The summed E-state index contributed by atoms with van der Waals surface area (Å²) in [6.07, 6.45) is 0.946. The number of alkyl halides is 1. The van der Waals surface area contributed by atoms with Crippen molar-refractivity contribution >= 4 is 27.3 Å². The van der Waals surface area contributed by atoms with Crippen molar-refractivity contribution in [1.82, 2.24) is 0 Å². The Balaban J connectivity index is 2.24. The van der Waals surface area contributed by atoms with Crippen LogP contribution in [0.4, 0.5) is 0 Å². The minimum atomic E-state index is 0.223. The molecule has 0 amide bonds. The highest BCUT2D eigenvalue weighted by atomic mass is 79.9. The lowest BCUT2D eigenvalue weighted by Crippen LogP contribution is -1.98. The van der Waals surface area contributed by atoms with Gasteiger partial charge in [-0.15, -0.1) is 11.3 Å². The van der Waals surface area contributed by atoms with E-state index in [1.165, 1.54) is 4.88 Å². The average Bonchev–Trinajstić information content (AvgIpc) is 2.90. The molecule has 96 valence electrons. The third-order valence-corrected chi connectivity index (χ3v) is 4.45. The van der Waals surface area contributed by atoms with Gasteiger partial charge >= 0.3 is 0 Å². The van der Waals surface area contributed by atoms with Crippen molar-refractivity contribution in [3.63, 3.8) is 0 Å². The highest BCUT2D eigenvalue weighted by Gasteiger charge is 2.15. The lowest BCUT2D eigenvalue weighted by Gasteiger charge is -2.15. The molecule has 2 rings (SSSR count). The van der Waals surface area contributed by atoms with Crippen LogP contribution in [0.5, 0.6) is 11.5 Å². The SMILES string of the molecule is COc1ccc(OC)c(C(Br)Cc2cccs2)c1. The molecular formula is C14H15BrO2S. The molecule has 1 heterocycles. The molecule has 4 heteroatoms. The summed E-state index contributed by atoms with van der Waals surface area (Å²) in [5, 5.41) is 2.10. The smallest absolute Gasteiger partial charge is 0.123 e. The topological polar surface area (TPSA) is 18.5 Å². The zero-order valence-corrected chi connectivity index (χ0v) is 12.8. The molecule has 2 aromatic rings. The minimum Gasteiger partial charge on any atom is -0.497 e. The number of halogens is 1. The number of hydrogen-bond donors (Lipinski definition) is 0. The van der Waals surface area contributed by atoms with Crippen molar-refractivity contribution in [2.45, 2.75) is 11.2 Å². The lowest BCUT2D eigenvalue weighted by molar-refractivity contribution is 0.398. The van der Waals surface area contributed by atoms with Crippen molar-refractivity contribution in [2.24, 2.45) is 0 Å². The van der Waals surface area contributed by atoms with Gasteiger partial charge in [0.1, 0.15) is 11.5 Å². The van der Waals surface area contributed by atoms with Crippen LogP contribution in [0.3, 0.4) is 0 Å². The molecule has 2 nitrogen and oxygen atoms in total. The molecule has 1 aromatic heterocycles. The van der Waals surface area contributed by atoms with Gasteiger partial charge in [-0.2, -0.15) is 0 Å². The van der Waals surface area contributed by atoms with E-state index < -0.39 is 0 Å². The molecule has 1 atom stereocenters. The predicted octanol–water partition coefficient (Wildman–Crippen LogP) is 4.44. The lowest BCUT2D eigenvalue weighted by atomic mass is 10.1. The maximum Gasteiger partial charge on any atom is 0.123 e. The summed E-state index contributed by atoms with van der Waals surface area (Å²) in [7, 11) is 3.37. The molecular weight excluding hydrogens is 312 g/mol. The Hall–Kier alpha value is -1.00. The zero-order valence-electron chi connectivity index (χ0n) is 10.4. The Morgan fingerprint density at radius 3 is 2.67 bits per heavy atom.